The molecule has 2 rings (SSSR count). The molecule has 1 aromatic rings. The second-order valence-electron chi connectivity index (χ2n) is 4.55. The number of benzene rings is 1. The average molecular weight is 282 g/mol. The lowest BCUT2D eigenvalue weighted by Crippen LogP contribution is -2.43. The van der Waals surface area contributed by atoms with Gasteiger partial charge >= 0.3 is 0 Å². The third kappa shape index (κ3) is 3.45. The van der Waals surface area contributed by atoms with E-state index in [9.17, 15) is 9.59 Å². The van der Waals surface area contributed by atoms with E-state index in [1.807, 2.05) is 0 Å². The van der Waals surface area contributed by atoms with E-state index in [0.717, 1.165) is 25.8 Å². The molecule has 0 radical (unpaired) electrons. The first kappa shape index (κ1) is 13.8. The minimum Gasteiger partial charge on any atom is -0.366 e. The van der Waals surface area contributed by atoms with Crippen LogP contribution in [0, 0.1) is 0 Å². The van der Waals surface area contributed by atoms with Crippen molar-refractivity contribution in [2.45, 2.75) is 25.3 Å². The van der Waals surface area contributed by atoms with E-state index in [-0.39, 0.29) is 11.9 Å². The normalized spacial score (nSPS) is 18.9. The zero-order chi connectivity index (χ0) is 13.8. The summed E-state index contributed by atoms with van der Waals surface area (Å²) < 4.78 is 0. The van der Waals surface area contributed by atoms with Gasteiger partial charge in [-0.05, 0) is 37.6 Å². The molecule has 5 nitrogen and oxygen atoms in total. The quantitative estimate of drug-likeness (QED) is 0.785. The van der Waals surface area contributed by atoms with E-state index in [2.05, 4.69) is 10.6 Å². The van der Waals surface area contributed by atoms with Gasteiger partial charge in [-0.3, -0.25) is 9.59 Å². The Labute approximate surface area is 116 Å². The van der Waals surface area contributed by atoms with Gasteiger partial charge in [0, 0.05) is 5.56 Å². The first-order valence-electron chi connectivity index (χ1n) is 6.21. The van der Waals surface area contributed by atoms with E-state index < -0.39 is 5.91 Å². The van der Waals surface area contributed by atoms with Crippen LogP contribution < -0.4 is 16.4 Å². The van der Waals surface area contributed by atoms with Crippen LogP contribution in [0.1, 0.15) is 29.6 Å². The summed E-state index contributed by atoms with van der Waals surface area (Å²) in [5.41, 5.74) is 5.93. The van der Waals surface area contributed by atoms with Crippen LogP contribution in [0.4, 0.5) is 5.69 Å². The zero-order valence-corrected chi connectivity index (χ0v) is 11.2. The number of hydrogen-bond acceptors (Lipinski definition) is 3. The highest BCUT2D eigenvalue weighted by molar-refractivity contribution is 6.34. The van der Waals surface area contributed by atoms with Gasteiger partial charge in [-0.2, -0.15) is 0 Å². The fraction of sp³-hybridized carbons (Fsp3) is 0.385. The van der Waals surface area contributed by atoms with Gasteiger partial charge < -0.3 is 16.4 Å². The minimum absolute atomic E-state index is 0.136. The summed E-state index contributed by atoms with van der Waals surface area (Å²) in [4.78, 5) is 23.2. The molecule has 0 aliphatic carbocycles. The molecular formula is C13H16ClN3O2. The van der Waals surface area contributed by atoms with Crippen LogP contribution in [0.5, 0.6) is 0 Å². The Morgan fingerprint density at radius 1 is 1.37 bits per heavy atom. The van der Waals surface area contributed by atoms with E-state index in [0.29, 0.717) is 16.3 Å². The summed E-state index contributed by atoms with van der Waals surface area (Å²) in [5.74, 6) is -0.689. The van der Waals surface area contributed by atoms with E-state index in [4.69, 9.17) is 17.3 Å². The smallest absolute Gasteiger partial charge is 0.248 e. The lowest BCUT2D eigenvalue weighted by atomic mass is 10.0. The molecule has 1 aliphatic rings. The molecule has 1 aromatic carbocycles. The molecule has 2 amide bonds. The molecule has 0 unspecified atom stereocenters. The van der Waals surface area contributed by atoms with Crippen molar-refractivity contribution in [3.05, 3.63) is 28.8 Å². The van der Waals surface area contributed by atoms with Crippen molar-refractivity contribution in [1.82, 2.24) is 5.32 Å². The van der Waals surface area contributed by atoms with Crippen molar-refractivity contribution in [2.24, 2.45) is 5.73 Å². The summed E-state index contributed by atoms with van der Waals surface area (Å²) in [6, 6.07) is 4.36. The Morgan fingerprint density at radius 2 is 2.16 bits per heavy atom. The second-order valence-corrected chi connectivity index (χ2v) is 4.96. The van der Waals surface area contributed by atoms with Crippen molar-refractivity contribution in [3.8, 4) is 0 Å². The molecule has 1 heterocycles. The van der Waals surface area contributed by atoms with Gasteiger partial charge in [0.2, 0.25) is 11.8 Å². The minimum atomic E-state index is -0.553. The fourth-order valence-electron chi connectivity index (χ4n) is 2.07. The number of anilines is 1. The van der Waals surface area contributed by atoms with Crippen LogP contribution in [0.3, 0.4) is 0 Å². The largest absolute Gasteiger partial charge is 0.366 e. The predicted octanol–water partition coefficient (Wildman–Crippen LogP) is 1.52. The lowest BCUT2D eigenvalue weighted by molar-refractivity contribution is -0.118. The Morgan fingerprint density at radius 3 is 2.79 bits per heavy atom. The van der Waals surface area contributed by atoms with Gasteiger partial charge in [0.25, 0.3) is 0 Å². The summed E-state index contributed by atoms with van der Waals surface area (Å²) in [7, 11) is 0. The molecule has 1 fully saturated rings. The maximum absolute atomic E-state index is 12.1. The average Bonchev–Trinajstić information content (AvgIpc) is 2.42. The summed E-state index contributed by atoms with van der Waals surface area (Å²) >= 11 is 6.00. The Balaban J connectivity index is 2.11. The SMILES string of the molecule is NC(=O)c1ccc(Cl)c(NC(=O)[C@H]2CCCCN2)c1. The van der Waals surface area contributed by atoms with Crippen molar-refractivity contribution in [2.75, 3.05) is 11.9 Å². The van der Waals surface area contributed by atoms with Gasteiger partial charge in [0.15, 0.2) is 0 Å². The highest BCUT2D eigenvalue weighted by Crippen LogP contribution is 2.23. The lowest BCUT2D eigenvalue weighted by Gasteiger charge is -2.22. The van der Waals surface area contributed by atoms with Crippen LogP contribution in [0.2, 0.25) is 5.02 Å². The molecule has 0 spiro atoms. The molecule has 6 heteroatoms. The maximum atomic E-state index is 12.1. The highest BCUT2D eigenvalue weighted by Gasteiger charge is 2.21. The summed E-state index contributed by atoms with van der Waals surface area (Å²) in [6.07, 6.45) is 2.92. The number of halogens is 1. The van der Waals surface area contributed by atoms with Crippen LogP contribution in [0.15, 0.2) is 18.2 Å². The molecule has 4 N–H and O–H groups in total. The molecule has 19 heavy (non-hydrogen) atoms. The van der Waals surface area contributed by atoms with E-state index in [1.54, 1.807) is 6.07 Å². The maximum Gasteiger partial charge on any atom is 0.248 e. The Hall–Kier alpha value is -1.59. The third-order valence-corrected chi connectivity index (χ3v) is 3.47. The van der Waals surface area contributed by atoms with Gasteiger partial charge in [0.05, 0.1) is 16.8 Å². The Bertz CT molecular complexity index is 499. The first-order chi connectivity index (χ1) is 9.08. The van der Waals surface area contributed by atoms with E-state index >= 15 is 0 Å². The summed E-state index contributed by atoms with van der Waals surface area (Å²) in [5, 5.41) is 6.27. The summed E-state index contributed by atoms with van der Waals surface area (Å²) in [6.45, 7) is 0.840. The van der Waals surface area contributed by atoms with Crippen LogP contribution >= 0.6 is 11.6 Å². The molecule has 0 saturated carbocycles. The number of rotatable bonds is 3. The van der Waals surface area contributed by atoms with Crippen LogP contribution in [-0.4, -0.2) is 24.4 Å². The number of piperidine rings is 1. The molecule has 1 saturated heterocycles. The highest BCUT2D eigenvalue weighted by atomic mass is 35.5. The van der Waals surface area contributed by atoms with Gasteiger partial charge in [-0.25, -0.2) is 0 Å². The monoisotopic (exact) mass is 281 g/mol. The van der Waals surface area contributed by atoms with Gasteiger partial charge in [-0.15, -0.1) is 0 Å². The second kappa shape index (κ2) is 6.04. The topological polar surface area (TPSA) is 84.2 Å². The van der Waals surface area contributed by atoms with Crippen molar-refractivity contribution in [3.63, 3.8) is 0 Å². The molecule has 102 valence electrons. The molecular weight excluding hydrogens is 266 g/mol. The van der Waals surface area contributed by atoms with Crippen molar-refractivity contribution < 1.29 is 9.59 Å². The van der Waals surface area contributed by atoms with Crippen LogP contribution in [-0.2, 0) is 4.79 Å². The van der Waals surface area contributed by atoms with Crippen molar-refractivity contribution in [1.29, 1.82) is 0 Å². The Kier molecular flexibility index (Phi) is 4.39. The molecule has 1 aliphatic heterocycles. The molecule has 0 aromatic heterocycles. The predicted molar refractivity (Wildman–Crippen MR) is 74.2 cm³/mol. The number of hydrogen-bond donors (Lipinski definition) is 3. The first-order valence-corrected chi connectivity index (χ1v) is 6.59. The van der Waals surface area contributed by atoms with E-state index in [1.165, 1.54) is 12.1 Å². The van der Waals surface area contributed by atoms with Crippen molar-refractivity contribution >= 4 is 29.1 Å². The number of carbonyl (C=O) groups is 2. The molecule has 1 atom stereocenters. The zero-order valence-electron chi connectivity index (χ0n) is 10.4. The van der Waals surface area contributed by atoms with Crippen LogP contribution in [0.25, 0.3) is 0 Å². The standard InChI is InChI=1S/C13H16ClN3O2/c14-9-5-4-8(12(15)18)7-11(9)17-13(19)10-3-1-2-6-16-10/h4-5,7,10,16H,1-3,6H2,(H2,15,18)(H,17,19)/t10-/m1/s1. The van der Waals surface area contributed by atoms with Gasteiger partial charge in [0.1, 0.15) is 0 Å². The fourth-order valence-corrected chi connectivity index (χ4v) is 2.23. The molecule has 0 bridgehead atoms. The van der Waals surface area contributed by atoms with Gasteiger partial charge in [-0.1, -0.05) is 18.0 Å². The number of nitrogens with one attached hydrogen (secondary N) is 2. The number of carbonyl (C=O) groups excluding carboxylic acids is 2. The number of nitrogens with two attached hydrogens (primary N) is 1. The third-order valence-electron chi connectivity index (χ3n) is 3.14. The number of primary amides is 1. The number of amides is 2.